The second-order valence-electron chi connectivity index (χ2n) is 5.70. The molecule has 0 spiro atoms. The predicted molar refractivity (Wildman–Crippen MR) is 86.8 cm³/mol. The zero-order valence-corrected chi connectivity index (χ0v) is 14.1. The highest BCUT2D eigenvalue weighted by atomic mass is 31.2. The maximum absolute atomic E-state index is 11.4. The van der Waals surface area contributed by atoms with Gasteiger partial charge in [0.1, 0.15) is 6.10 Å². The highest BCUT2D eigenvalue weighted by Crippen LogP contribution is 2.46. The van der Waals surface area contributed by atoms with Gasteiger partial charge in [-0.3, -0.25) is 4.52 Å². The van der Waals surface area contributed by atoms with E-state index in [-0.39, 0.29) is 0 Å². The quantitative estimate of drug-likeness (QED) is 0.832. The second-order valence-corrected chi connectivity index (χ2v) is 6.89. The van der Waals surface area contributed by atoms with Gasteiger partial charge in [0.15, 0.2) is 0 Å². The molecule has 0 aliphatic rings. The molecular weight excluding hydrogens is 299 g/mol. The summed E-state index contributed by atoms with van der Waals surface area (Å²) in [6, 6.07) is 11.5. The van der Waals surface area contributed by atoms with Crippen LogP contribution in [0.3, 0.4) is 0 Å². The van der Waals surface area contributed by atoms with E-state index >= 15 is 0 Å². The Bertz CT molecular complexity index is 682. The molecule has 0 aromatic heterocycles. The number of phosphoric acid groups is 1. The van der Waals surface area contributed by atoms with Gasteiger partial charge in [-0.05, 0) is 49.9 Å². The number of hydrogen-bond acceptors (Lipinski definition) is 2. The van der Waals surface area contributed by atoms with Gasteiger partial charge in [-0.2, -0.15) is 0 Å². The Morgan fingerprint density at radius 2 is 1.27 bits per heavy atom. The third-order valence-electron chi connectivity index (χ3n) is 3.66. The van der Waals surface area contributed by atoms with E-state index in [1.807, 2.05) is 64.1 Å². The fourth-order valence-corrected chi connectivity index (χ4v) is 3.16. The van der Waals surface area contributed by atoms with E-state index in [0.717, 1.165) is 33.4 Å². The largest absolute Gasteiger partial charge is 0.470 e. The van der Waals surface area contributed by atoms with Gasteiger partial charge in [0.25, 0.3) is 0 Å². The first kappa shape index (κ1) is 16.9. The molecule has 0 radical (unpaired) electrons. The molecule has 0 unspecified atom stereocenters. The van der Waals surface area contributed by atoms with E-state index in [1.165, 1.54) is 0 Å². The number of aryl methyl sites for hydroxylation is 4. The average Bonchev–Trinajstić information content (AvgIpc) is 2.35. The molecule has 118 valence electrons. The summed E-state index contributed by atoms with van der Waals surface area (Å²) in [5.41, 5.74) is 5.60. The van der Waals surface area contributed by atoms with Crippen LogP contribution in [-0.2, 0) is 9.09 Å². The molecule has 22 heavy (non-hydrogen) atoms. The van der Waals surface area contributed by atoms with Crippen LogP contribution in [0.1, 0.15) is 39.5 Å². The van der Waals surface area contributed by atoms with Crippen LogP contribution < -0.4 is 0 Å². The van der Waals surface area contributed by atoms with Crippen molar-refractivity contribution in [3.8, 4) is 0 Å². The molecule has 2 aromatic carbocycles. The van der Waals surface area contributed by atoms with E-state index in [0.29, 0.717) is 0 Å². The maximum atomic E-state index is 11.4. The van der Waals surface area contributed by atoms with Crippen LogP contribution in [0.2, 0.25) is 0 Å². The summed E-state index contributed by atoms with van der Waals surface area (Å²) in [5, 5.41) is 0. The fourth-order valence-electron chi connectivity index (χ4n) is 2.66. The van der Waals surface area contributed by atoms with E-state index in [9.17, 15) is 14.4 Å². The molecule has 0 heterocycles. The van der Waals surface area contributed by atoms with Crippen LogP contribution >= 0.6 is 7.82 Å². The van der Waals surface area contributed by atoms with Crippen molar-refractivity contribution in [1.29, 1.82) is 0 Å². The third kappa shape index (κ3) is 4.05. The van der Waals surface area contributed by atoms with Gasteiger partial charge in [0.2, 0.25) is 0 Å². The molecule has 2 rings (SSSR count). The lowest BCUT2D eigenvalue weighted by atomic mass is 9.93. The molecule has 0 aliphatic heterocycles. The van der Waals surface area contributed by atoms with E-state index < -0.39 is 13.9 Å². The second kappa shape index (κ2) is 6.35. The van der Waals surface area contributed by atoms with Crippen molar-refractivity contribution in [3.05, 3.63) is 69.8 Å². The smallest absolute Gasteiger partial charge is 0.303 e. The Morgan fingerprint density at radius 3 is 1.59 bits per heavy atom. The number of phosphoric ester groups is 1. The minimum absolute atomic E-state index is 0.765. The zero-order chi connectivity index (χ0) is 16.5. The van der Waals surface area contributed by atoms with Crippen molar-refractivity contribution in [1.82, 2.24) is 0 Å². The first-order valence-electron chi connectivity index (χ1n) is 7.05. The van der Waals surface area contributed by atoms with E-state index in [4.69, 9.17) is 4.52 Å². The van der Waals surface area contributed by atoms with Gasteiger partial charge < -0.3 is 9.79 Å². The minimum Gasteiger partial charge on any atom is -0.303 e. The zero-order valence-electron chi connectivity index (χ0n) is 13.2. The summed E-state index contributed by atoms with van der Waals surface area (Å²) in [5.74, 6) is 0. The van der Waals surface area contributed by atoms with Gasteiger partial charge in [-0.15, -0.1) is 0 Å². The summed E-state index contributed by atoms with van der Waals surface area (Å²) in [4.78, 5) is 18.6. The average molecular weight is 320 g/mol. The molecule has 0 amide bonds. The number of rotatable bonds is 4. The van der Waals surface area contributed by atoms with Gasteiger partial charge >= 0.3 is 7.82 Å². The lowest BCUT2D eigenvalue weighted by molar-refractivity contribution is 0.157. The molecule has 2 N–H and O–H groups in total. The number of benzene rings is 2. The van der Waals surface area contributed by atoms with Crippen molar-refractivity contribution in [2.45, 2.75) is 33.8 Å². The molecule has 0 saturated heterocycles. The minimum atomic E-state index is -4.62. The topological polar surface area (TPSA) is 66.8 Å². The summed E-state index contributed by atoms with van der Waals surface area (Å²) in [6.45, 7) is 7.79. The fraction of sp³-hybridized carbons (Fsp3) is 0.294. The van der Waals surface area contributed by atoms with Gasteiger partial charge in [0.05, 0.1) is 0 Å². The molecule has 2 aromatic rings. The Morgan fingerprint density at radius 1 is 0.864 bits per heavy atom. The van der Waals surface area contributed by atoms with Crippen molar-refractivity contribution in [2.75, 3.05) is 0 Å². The van der Waals surface area contributed by atoms with Crippen LogP contribution in [0.5, 0.6) is 0 Å². The molecule has 0 aliphatic carbocycles. The van der Waals surface area contributed by atoms with Crippen molar-refractivity contribution < 1.29 is 18.9 Å². The van der Waals surface area contributed by atoms with Crippen LogP contribution in [-0.4, -0.2) is 9.79 Å². The molecular formula is C17H21O4P. The van der Waals surface area contributed by atoms with Crippen LogP contribution in [0.4, 0.5) is 0 Å². The van der Waals surface area contributed by atoms with Crippen LogP contribution in [0.25, 0.3) is 0 Å². The molecule has 0 fully saturated rings. The van der Waals surface area contributed by atoms with Crippen LogP contribution in [0.15, 0.2) is 36.4 Å². The normalized spacial score (nSPS) is 12.0. The van der Waals surface area contributed by atoms with Gasteiger partial charge in [-0.25, -0.2) is 4.57 Å². The van der Waals surface area contributed by atoms with Crippen molar-refractivity contribution >= 4 is 7.82 Å². The van der Waals surface area contributed by atoms with Crippen molar-refractivity contribution in [3.63, 3.8) is 0 Å². The van der Waals surface area contributed by atoms with Crippen molar-refractivity contribution in [2.24, 2.45) is 0 Å². The predicted octanol–water partition coefficient (Wildman–Crippen LogP) is 4.12. The maximum Gasteiger partial charge on any atom is 0.470 e. The summed E-state index contributed by atoms with van der Waals surface area (Å²) < 4.78 is 16.5. The lowest BCUT2D eigenvalue weighted by Crippen LogP contribution is -2.09. The lowest BCUT2D eigenvalue weighted by Gasteiger charge is -2.23. The summed E-state index contributed by atoms with van der Waals surface area (Å²) in [6.07, 6.45) is -0.790. The molecule has 4 nitrogen and oxygen atoms in total. The highest BCUT2D eigenvalue weighted by Gasteiger charge is 2.27. The third-order valence-corrected chi connectivity index (χ3v) is 4.14. The SMILES string of the molecule is Cc1ccc(C(OP(=O)(O)O)c2ccc(C)cc2C)c(C)c1. The Balaban J connectivity index is 2.58. The van der Waals surface area contributed by atoms with E-state index in [2.05, 4.69) is 0 Å². The molecule has 0 bridgehead atoms. The first-order chi connectivity index (χ1) is 10.2. The van der Waals surface area contributed by atoms with Crippen LogP contribution in [0, 0.1) is 27.7 Å². The van der Waals surface area contributed by atoms with Gasteiger partial charge in [-0.1, -0.05) is 47.5 Å². The molecule has 5 heteroatoms. The highest BCUT2D eigenvalue weighted by molar-refractivity contribution is 7.46. The van der Waals surface area contributed by atoms with E-state index in [1.54, 1.807) is 0 Å². The summed E-state index contributed by atoms with van der Waals surface area (Å²) >= 11 is 0. The Hall–Kier alpha value is -1.45. The number of hydrogen-bond donors (Lipinski definition) is 2. The standard InChI is InChI=1S/C17H21O4P/c1-11-5-7-15(13(3)9-11)17(21-22(18,19)20)16-8-6-12(2)10-14(16)4/h5-10,17H,1-4H3,(H2,18,19,20). The monoisotopic (exact) mass is 320 g/mol. The Kier molecular flexibility index (Phi) is 4.88. The molecule has 0 saturated carbocycles. The summed E-state index contributed by atoms with van der Waals surface area (Å²) in [7, 11) is -4.62. The van der Waals surface area contributed by atoms with Gasteiger partial charge in [0, 0.05) is 0 Å². The first-order valence-corrected chi connectivity index (χ1v) is 8.58. The Labute approximate surface area is 131 Å². The molecule has 0 atom stereocenters.